The Hall–Kier alpha value is -3.59. The molecule has 0 radical (unpaired) electrons. The molecule has 2 saturated heterocycles. The summed E-state index contributed by atoms with van der Waals surface area (Å²) in [6, 6.07) is 9.54. The molecule has 5 rings (SSSR count). The maximum Gasteiger partial charge on any atom is 0.344 e. The number of amides is 1. The average molecular weight is 461 g/mol. The predicted molar refractivity (Wildman–Crippen MR) is 125 cm³/mol. The number of nitrogens with zero attached hydrogens (tertiary/aromatic N) is 6. The third-order valence-corrected chi connectivity index (χ3v) is 6.82. The maximum absolute atomic E-state index is 12.8. The van der Waals surface area contributed by atoms with Gasteiger partial charge in [-0.25, -0.2) is 9.78 Å². The molecule has 3 aromatic rings. The summed E-state index contributed by atoms with van der Waals surface area (Å²) in [5, 5.41) is 4.12. The SMILES string of the molecule is CC(=O)c1ccn(C(=O)N2CCC3(CCN(Cc4cccc(Oc5cnccn5)c4)C3)CC2)n1. The molecule has 0 aliphatic carbocycles. The van der Waals surface area contributed by atoms with Gasteiger partial charge in [-0.15, -0.1) is 0 Å². The number of carbonyl (C=O) groups excluding carboxylic acids is 2. The van der Waals surface area contributed by atoms with Gasteiger partial charge in [0.15, 0.2) is 5.78 Å². The van der Waals surface area contributed by atoms with Crippen molar-refractivity contribution < 1.29 is 14.3 Å². The molecule has 1 aromatic carbocycles. The number of Topliss-reactive ketones (excluding diaryl/α,β-unsaturated/α-hetero) is 1. The quantitative estimate of drug-likeness (QED) is 0.537. The van der Waals surface area contributed by atoms with E-state index in [-0.39, 0.29) is 17.2 Å². The second kappa shape index (κ2) is 9.34. The fraction of sp³-hybridized carbons (Fsp3) is 0.400. The lowest BCUT2D eigenvalue weighted by Crippen LogP contribution is -2.45. The number of benzene rings is 1. The van der Waals surface area contributed by atoms with Crippen molar-refractivity contribution in [2.45, 2.75) is 32.7 Å². The van der Waals surface area contributed by atoms with Gasteiger partial charge in [0.2, 0.25) is 5.88 Å². The standard InChI is InChI=1S/C25H28N6O3/c1-19(32)22-5-11-31(28-22)24(33)30-13-7-25(8-14-30)6-12-29(18-25)17-20-3-2-4-21(15-20)34-23-16-26-9-10-27-23/h2-5,9-11,15-16H,6-8,12-14,17-18H2,1H3. The number of carbonyl (C=O) groups is 2. The normalized spacial score (nSPS) is 17.7. The van der Waals surface area contributed by atoms with E-state index < -0.39 is 0 Å². The number of likely N-dealkylation sites (tertiary alicyclic amines) is 2. The number of piperidine rings is 1. The highest BCUT2D eigenvalue weighted by atomic mass is 16.5. The molecule has 176 valence electrons. The highest BCUT2D eigenvalue weighted by Gasteiger charge is 2.41. The zero-order valence-electron chi connectivity index (χ0n) is 19.3. The maximum atomic E-state index is 12.8. The summed E-state index contributed by atoms with van der Waals surface area (Å²) >= 11 is 0. The second-order valence-corrected chi connectivity index (χ2v) is 9.23. The van der Waals surface area contributed by atoms with E-state index in [1.54, 1.807) is 30.9 Å². The Morgan fingerprint density at radius 1 is 1.09 bits per heavy atom. The van der Waals surface area contributed by atoms with Gasteiger partial charge in [-0.05, 0) is 55.0 Å². The highest BCUT2D eigenvalue weighted by molar-refractivity contribution is 5.92. The molecule has 2 aromatic heterocycles. The van der Waals surface area contributed by atoms with Crippen molar-refractivity contribution in [1.29, 1.82) is 0 Å². The zero-order chi connectivity index (χ0) is 23.5. The van der Waals surface area contributed by atoms with Crippen LogP contribution in [0.15, 0.2) is 55.1 Å². The van der Waals surface area contributed by atoms with E-state index in [1.807, 2.05) is 17.0 Å². The van der Waals surface area contributed by atoms with Gasteiger partial charge in [0.05, 0.1) is 6.20 Å². The monoisotopic (exact) mass is 460 g/mol. The molecule has 0 saturated carbocycles. The summed E-state index contributed by atoms with van der Waals surface area (Å²) in [6.07, 6.45) is 9.50. The lowest BCUT2D eigenvalue weighted by Gasteiger charge is -2.39. The molecule has 0 atom stereocenters. The van der Waals surface area contributed by atoms with Crippen LogP contribution < -0.4 is 4.74 Å². The molecule has 0 bridgehead atoms. The van der Waals surface area contributed by atoms with Gasteiger partial charge in [0.25, 0.3) is 0 Å². The second-order valence-electron chi connectivity index (χ2n) is 9.23. The van der Waals surface area contributed by atoms with Crippen LogP contribution in [0.1, 0.15) is 42.2 Å². The number of ketones is 1. The molecule has 1 spiro atoms. The lowest BCUT2D eigenvalue weighted by molar-refractivity contribution is 0.101. The van der Waals surface area contributed by atoms with Gasteiger partial charge in [-0.1, -0.05) is 12.1 Å². The molecule has 2 fully saturated rings. The fourth-order valence-corrected chi connectivity index (χ4v) is 4.93. The molecule has 2 aliphatic rings. The Morgan fingerprint density at radius 3 is 2.65 bits per heavy atom. The minimum atomic E-state index is -0.155. The third kappa shape index (κ3) is 4.84. The van der Waals surface area contributed by atoms with Gasteiger partial charge in [0, 0.05) is 51.7 Å². The first-order chi connectivity index (χ1) is 16.5. The third-order valence-electron chi connectivity index (χ3n) is 6.82. The summed E-state index contributed by atoms with van der Waals surface area (Å²) < 4.78 is 7.11. The molecule has 0 unspecified atom stereocenters. The first-order valence-electron chi connectivity index (χ1n) is 11.6. The first-order valence-corrected chi connectivity index (χ1v) is 11.6. The summed E-state index contributed by atoms with van der Waals surface area (Å²) in [7, 11) is 0. The molecule has 4 heterocycles. The van der Waals surface area contributed by atoms with Crippen LogP contribution in [0.3, 0.4) is 0 Å². The molecule has 2 aliphatic heterocycles. The van der Waals surface area contributed by atoms with Crippen LogP contribution in [0, 0.1) is 5.41 Å². The van der Waals surface area contributed by atoms with E-state index >= 15 is 0 Å². The van der Waals surface area contributed by atoms with Crippen molar-refractivity contribution in [3.05, 3.63) is 66.4 Å². The molecule has 0 N–H and O–H groups in total. The van der Waals surface area contributed by atoms with E-state index in [0.717, 1.165) is 44.6 Å². The predicted octanol–water partition coefficient (Wildman–Crippen LogP) is 3.62. The van der Waals surface area contributed by atoms with Gasteiger partial charge in [-0.2, -0.15) is 9.78 Å². The highest BCUT2D eigenvalue weighted by Crippen LogP contribution is 2.41. The summed E-state index contributed by atoms with van der Waals surface area (Å²) in [5.41, 5.74) is 1.77. The van der Waals surface area contributed by atoms with E-state index in [4.69, 9.17) is 4.74 Å². The van der Waals surface area contributed by atoms with Gasteiger partial charge in [0.1, 0.15) is 11.4 Å². The Labute approximate surface area is 198 Å². The van der Waals surface area contributed by atoms with Crippen molar-refractivity contribution in [3.63, 3.8) is 0 Å². The van der Waals surface area contributed by atoms with Crippen molar-refractivity contribution in [2.24, 2.45) is 5.41 Å². The average Bonchev–Trinajstić information content (AvgIpc) is 3.48. The lowest BCUT2D eigenvalue weighted by atomic mass is 9.78. The van der Waals surface area contributed by atoms with Crippen LogP contribution in [0.2, 0.25) is 0 Å². The van der Waals surface area contributed by atoms with E-state index in [1.165, 1.54) is 17.2 Å². The molecule has 9 heteroatoms. The number of rotatable bonds is 5. The molecule has 9 nitrogen and oxygen atoms in total. The van der Waals surface area contributed by atoms with Crippen LogP contribution in [0.5, 0.6) is 11.6 Å². The topological polar surface area (TPSA) is 93.5 Å². The van der Waals surface area contributed by atoms with Crippen LogP contribution in [0.25, 0.3) is 0 Å². The van der Waals surface area contributed by atoms with Crippen molar-refractivity contribution in [2.75, 3.05) is 26.2 Å². The smallest absolute Gasteiger partial charge is 0.344 e. The molecule has 34 heavy (non-hydrogen) atoms. The van der Waals surface area contributed by atoms with Crippen molar-refractivity contribution >= 4 is 11.8 Å². The summed E-state index contributed by atoms with van der Waals surface area (Å²) in [4.78, 5) is 36.8. The number of ether oxygens (including phenoxy) is 1. The molecule has 1 amide bonds. The molecular formula is C25H28N6O3. The van der Waals surface area contributed by atoms with E-state index in [9.17, 15) is 9.59 Å². The van der Waals surface area contributed by atoms with Crippen LogP contribution in [-0.2, 0) is 6.54 Å². The van der Waals surface area contributed by atoms with Crippen LogP contribution in [-0.4, -0.2) is 67.5 Å². The van der Waals surface area contributed by atoms with Crippen LogP contribution in [0.4, 0.5) is 4.79 Å². The van der Waals surface area contributed by atoms with Crippen molar-refractivity contribution in [3.8, 4) is 11.6 Å². The Morgan fingerprint density at radius 2 is 1.91 bits per heavy atom. The number of hydrogen-bond acceptors (Lipinski definition) is 7. The number of hydrogen-bond donors (Lipinski definition) is 0. The number of aromatic nitrogens is 4. The van der Waals surface area contributed by atoms with Gasteiger partial charge >= 0.3 is 6.03 Å². The van der Waals surface area contributed by atoms with E-state index in [0.29, 0.717) is 24.7 Å². The fourth-order valence-electron chi connectivity index (χ4n) is 4.93. The summed E-state index contributed by atoms with van der Waals surface area (Å²) in [5.74, 6) is 1.10. The Balaban J connectivity index is 1.15. The minimum Gasteiger partial charge on any atom is -0.437 e. The Kier molecular flexibility index (Phi) is 6.10. The van der Waals surface area contributed by atoms with Gasteiger partial charge in [-0.3, -0.25) is 14.7 Å². The first kappa shape index (κ1) is 22.2. The summed E-state index contributed by atoms with van der Waals surface area (Å²) in [6.45, 7) is 5.82. The van der Waals surface area contributed by atoms with Crippen molar-refractivity contribution in [1.82, 2.24) is 29.5 Å². The zero-order valence-corrected chi connectivity index (χ0v) is 19.3. The van der Waals surface area contributed by atoms with E-state index in [2.05, 4.69) is 32.1 Å². The largest absolute Gasteiger partial charge is 0.437 e. The molecular weight excluding hydrogens is 432 g/mol. The van der Waals surface area contributed by atoms with Crippen LogP contribution >= 0.6 is 0 Å². The van der Waals surface area contributed by atoms with Gasteiger partial charge < -0.3 is 9.64 Å². The minimum absolute atomic E-state index is 0.138. The Bertz CT molecular complexity index is 1170.